The van der Waals surface area contributed by atoms with E-state index in [0.29, 0.717) is 18.1 Å². The number of pyridine rings is 1. The number of aromatic nitrogens is 3. The summed E-state index contributed by atoms with van der Waals surface area (Å²) in [5.41, 5.74) is 0.808. The number of hydrogen-bond acceptors (Lipinski definition) is 5. The monoisotopic (exact) mass is 231 g/mol. The third-order valence-corrected chi connectivity index (χ3v) is 2.81. The van der Waals surface area contributed by atoms with Gasteiger partial charge in [0.15, 0.2) is 0 Å². The molecule has 0 aromatic carbocycles. The van der Waals surface area contributed by atoms with E-state index in [9.17, 15) is 4.79 Å². The van der Waals surface area contributed by atoms with Crippen LogP contribution in [0, 0.1) is 5.92 Å². The molecule has 0 bridgehead atoms. The Morgan fingerprint density at radius 1 is 1.41 bits per heavy atom. The lowest BCUT2D eigenvalue weighted by Crippen LogP contribution is -1.98. The zero-order valence-corrected chi connectivity index (χ0v) is 8.78. The Morgan fingerprint density at radius 2 is 2.18 bits per heavy atom. The molecule has 86 valence electrons. The molecular formula is C11H9N3O3. The number of aliphatic carboxylic acids is 1. The van der Waals surface area contributed by atoms with Gasteiger partial charge in [-0.2, -0.15) is 4.98 Å². The highest BCUT2D eigenvalue weighted by Gasteiger charge is 2.48. The first kappa shape index (κ1) is 9.95. The van der Waals surface area contributed by atoms with Gasteiger partial charge in [-0.1, -0.05) is 5.16 Å². The van der Waals surface area contributed by atoms with Gasteiger partial charge in [0, 0.05) is 18.0 Å². The SMILES string of the molecule is O=C(O)C1CC1c1nc(-c2ccncc2)no1. The van der Waals surface area contributed by atoms with Crippen LogP contribution in [0.25, 0.3) is 11.4 Å². The molecule has 2 aromatic heterocycles. The highest BCUT2D eigenvalue weighted by atomic mass is 16.5. The molecule has 1 aliphatic carbocycles. The smallest absolute Gasteiger partial charge is 0.307 e. The predicted molar refractivity (Wildman–Crippen MR) is 56.0 cm³/mol. The fourth-order valence-electron chi connectivity index (χ4n) is 1.74. The highest BCUT2D eigenvalue weighted by Crippen LogP contribution is 2.47. The minimum atomic E-state index is -0.807. The lowest BCUT2D eigenvalue weighted by atomic mass is 10.2. The van der Waals surface area contributed by atoms with Crippen LogP contribution in [-0.4, -0.2) is 26.2 Å². The Morgan fingerprint density at radius 3 is 2.82 bits per heavy atom. The summed E-state index contributed by atoms with van der Waals surface area (Å²) in [6.07, 6.45) is 3.86. The third kappa shape index (κ3) is 1.77. The summed E-state index contributed by atoms with van der Waals surface area (Å²) in [5.74, 6) is -0.433. The molecule has 2 unspecified atom stereocenters. The van der Waals surface area contributed by atoms with Crippen LogP contribution in [0.3, 0.4) is 0 Å². The molecule has 0 radical (unpaired) electrons. The minimum Gasteiger partial charge on any atom is -0.481 e. The van der Waals surface area contributed by atoms with Crippen molar-refractivity contribution in [2.75, 3.05) is 0 Å². The molecule has 1 aliphatic rings. The third-order valence-electron chi connectivity index (χ3n) is 2.81. The van der Waals surface area contributed by atoms with Crippen LogP contribution in [0.15, 0.2) is 29.0 Å². The second-order valence-corrected chi connectivity index (χ2v) is 3.98. The van der Waals surface area contributed by atoms with Gasteiger partial charge in [0.05, 0.1) is 11.8 Å². The molecule has 17 heavy (non-hydrogen) atoms. The first-order chi connectivity index (χ1) is 8.25. The van der Waals surface area contributed by atoms with Crippen LogP contribution in [0.1, 0.15) is 18.2 Å². The molecule has 1 saturated carbocycles. The normalized spacial score (nSPS) is 22.4. The Bertz CT molecular complexity index is 552. The first-order valence-corrected chi connectivity index (χ1v) is 5.22. The van der Waals surface area contributed by atoms with E-state index < -0.39 is 5.97 Å². The van der Waals surface area contributed by atoms with Crippen LogP contribution in [0.2, 0.25) is 0 Å². The van der Waals surface area contributed by atoms with Crippen LogP contribution < -0.4 is 0 Å². The lowest BCUT2D eigenvalue weighted by Gasteiger charge is -1.90. The van der Waals surface area contributed by atoms with E-state index in [-0.39, 0.29) is 11.8 Å². The molecule has 0 aliphatic heterocycles. The summed E-state index contributed by atoms with van der Waals surface area (Å²) < 4.78 is 5.08. The van der Waals surface area contributed by atoms with Crippen molar-refractivity contribution in [1.29, 1.82) is 0 Å². The van der Waals surface area contributed by atoms with Gasteiger partial charge in [-0.05, 0) is 18.6 Å². The van der Waals surface area contributed by atoms with Crippen molar-refractivity contribution in [3.05, 3.63) is 30.4 Å². The molecular weight excluding hydrogens is 222 g/mol. The van der Waals surface area contributed by atoms with Gasteiger partial charge < -0.3 is 9.63 Å². The van der Waals surface area contributed by atoms with Gasteiger partial charge in [-0.15, -0.1) is 0 Å². The maximum atomic E-state index is 10.7. The zero-order chi connectivity index (χ0) is 11.8. The molecule has 1 N–H and O–H groups in total. The van der Waals surface area contributed by atoms with E-state index in [1.165, 1.54) is 0 Å². The van der Waals surface area contributed by atoms with E-state index in [1.807, 2.05) is 0 Å². The molecule has 0 saturated heterocycles. The molecule has 0 amide bonds. The van der Waals surface area contributed by atoms with Crippen LogP contribution in [0.4, 0.5) is 0 Å². The van der Waals surface area contributed by atoms with Crippen LogP contribution >= 0.6 is 0 Å². The standard InChI is InChI=1S/C11H9N3O3/c15-11(16)8-5-7(8)10-13-9(14-17-10)6-1-3-12-4-2-6/h1-4,7-8H,5H2,(H,15,16). The predicted octanol–water partition coefficient (Wildman–Crippen LogP) is 1.32. The first-order valence-electron chi connectivity index (χ1n) is 5.22. The van der Waals surface area contributed by atoms with E-state index in [0.717, 1.165) is 5.56 Å². The molecule has 6 heteroatoms. The summed E-state index contributed by atoms with van der Waals surface area (Å²) in [4.78, 5) is 18.8. The van der Waals surface area contributed by atoms with Gasteiger partial charge in [0.25, 0.3) is 0 Å². The summed E-state index contributed by atoms with van der Waals surface area (Å²) >= 11 is 0. The zero-order valence-electron chi connectivity index (χ0n) is 8.78. The van der Waals surface area contributed by atoms with Crippen LogP contribution in [-0.2, 0) is 4.79 Å². The van der Waals surface area contributed by atoms with Crippen LogP contribution in [0.5, 0.6) is 0 Å². The number of carboxylic acids is 1. The Hall–Kier alpha value is -2.24. The molecule has 6 nitrogen and oxygen atoms in total. The van der Waals surface area contributed by atoms with Crippen molar-refractivity contribution < 1.29 is 14.4 Å². The quantitative estimate of drug-likeness (QED) is 0.856. The maximum absolute atomic E-state index is 10.7. The second-order valence-electron chi connectivity index (χ2n) is 3.98. The van der Waals surface area contributed by atoms with Crippen molar-refractivity contribution in [3.8, 4) is 11.4 Å². The molecule has 2 aromatic rings. The molecule has 2 atom stereocenters. The number of carbonyl (C=O) groups is 1. The van der Waals surface area contributed by atoms with Gasteiger partial charge >= 0.3 is 5.97 Å². The van der Waals surface area contributed by atoms with Gasteiger partial charge in [-0.25, -0.2) is 0 Å². The molecule has 0 spiro atoms. The topological polar surface area (TPSA) is 89.1 Å². The minimum absolute atomic E-state index is 0.129. The summed E-state index contributed by atoms with van der Waals surface area (Å²) in [6, 6.07) is 3.55. The number of rotatable bonds is 3. The Balaban J connectivity index is 1.83. The summed E-state index contributed by atoms with van der Waals surface area (Å²) in [6.45, 7) is 0. The van der Waals surface area contributed by atoms with E-state index in [2.05, 4.69) is 15.1 Å². The summed E-state index contributed by atoms with van der Waals surface area (Å²) in [7, 11) is 0. The fourth-order valence-corrected chi connectivity index (χ4v) is 1.74. The molecule has 1 fully saturated rings. The van der Waals surface area contributed by atoms with Gasteiger partial charge in [-0.3, -0.25) is 9.78 Å². The van der Waals surface area contributed by atoms with Gasteiger partial charge in [0.2, 0.25) is 11.7 Å². The van der Waals surface area contributed by atoms with E-state index in [4.69, 9.17) is 9.63 Å². The fraction of sp³-hybridized carbons (Fsp3) is 0.273. The molecule has 2 heterocycles. The van der Waals surface area contributed by atoms with Crippen molar-refractivity contribution in [3.63, 3.8) is 0 Å². The average molecular weight is 231 g/mol. The lowest BCUT2D eigenvalue weighted by molar-refractivity contribution is -0.138. The van der Waals surface area contributed by atoms with E-state index >= 15 is 0 Å². The number of nitrogens with zero attached hydrogens (tertiary/aromatic N) is 3. The average Bonchev–Trinajstić information content (AvgIpc) is 3.01. The van der Waals surface area contributed by atoms with E-state index in [1.54, 1.807) is 24.5 Å². The van der Waals surface area contributed by atoms with Crippen molar-refractivity contribution in [1.82, 2.24) is 15.1 Å². The highest BCUT2D eigenvalue weighted by molar-refractivity contribution is 5.74. The van der Waals surface area contributed by atoms with Crippen molar-refractivity contribution in [2.24, 2.45) is 5.92 Å². The number of carboxylic acid groups (broad SMARTS) is 1. The largest absolute Gasteiger partial charge is 0.481 e. The van der Waals surface area contributed by atoms with Crippen molar-refractivity contribution >= 4 is 5.97 Å². The molecule has 3 rings (SSSR count). The van der Waals surface area contributed by atoms with Crippen molar-refractivity contribution in [2.45, 2.75) is 12.3 Å². The maximum Gasteiger partial charge on any atom is 0.307 e. The Labute approximate surface area is 96.3 Å². The second kappa shape index (κ2) is 3.65. The van der Waals surface area contributed by atoms with Gasteiger partial charge in [0.1, 0.15) is 0 Å². The summed E-state index contributed by atoms with van der Waals surface area (Å²) in [5, 5.41) is 12.6. The Kier molecular flexibility index (Phi) is 2.14. The number of hydrogen-bond donors (Lipinski definition) is 1.